The lowest BCUT2D eigenvalue weighted by molar-refractivity contribution is 0.402. The Balaban J connectivity index is 2.76. The summed E-state index contributed by atoms with van der Waals surface area (Å²) in [6, 6.07) is 9.11. The number of para-hydroxylation sites is 1. The van der Waals surface area contributed by atoms with E-state index in [0.29, 0.717) is 12.0 Å². The highest BCUT2D eigenvalue weighted by Crippen LogP contribution is 2.20. The fraction of sp³-hybridized carbons (Fsp3) is 0.600. The normalized spacial score (nSPS) is 14.7. The number of nitrogens with zero attached hydrogens (tertiary/aromatic N) is 1. The molecule has 0 radical (unpaired) electrons. The second-order valence-corrected chi connectivity index (χ2v) is 5.21. The van der Waals surface area contributed by atoms with Crippen LogP contribution in [0, 0.1) is 5.92 Å². The molecule has 0 saturated heterocycles. The minimum Gasteiger partial charge on any atom is -0.382 e. The first-order chi connectivity index (χ1) is 8.04. The third kappa shape index (κ3) is 4.39. The molecule has 0 aliphatic carbocycles. The first-order valence-corrected chi connectivity index (χ1v) is 6.53. The molecule has 2 nitrogen and oxygen atoms in total. The number of benzene rings is 1. The summed E-state index contributed by atoms with van der Waals surface area (Å²) in [5.41, 5.74) is 2.64. The highest BCUT2D eigenvalue weighted by molar-refractivity contribution is 5.51. The van der Waals surface area contributed by atoms with Crippen molar-refractivity contribution in [3.63, 3.8) is 0 Å². The van der Waals surface area contributed by atoms with Crippen molar-refractivity contribution in [2.24, 2.45) is 5.92 Å². The Morgan fingerprint density at radius 2 is 1.82 bits per heavy atom. The Morgan fingerprint density at radius 3 is 2.41 bits per heavy atom. The number of anilines is 1. The van der Waals surface area contributed by atoms with Crippen molar-refractivity contribution in [2.75, 3.05) is 19.4 Å². The van der Waals surface area contributed by atoms with Crippen LogP contribution < -0.4 is 5.32 Å². The van der Waals surface area contributed by atoms with Gasteiger partial charge in [0.25, 0.3) is 0 Å². The summed E-state index contributed by atoms with van der Waals surface area (Å²) < 4.78 is 0. The summed E-state index contributed by atoms with van der Waals surface area (Å²) in [4.78, 5) is 2.20. The van der Waals surface area contributed by atoms with Gasteiger partial charge in [-0.3, -0.25) is 0 Å². The predicted octanol–water partition coefficient (Wildman–Crippen LogP) is 3.59. The second-order valence-electron chi connectivity index (χ2n) is 5.21. The molecule has 0 bridgehead atoms. The summed E-state index contributed by atoms with van der Waals surface area (Å²) in [5, 5.41) is 3.64. The molecule has 2 atom stereocenters. The van der Waals surface area contributed by atoms with E-state index in [1.807, 2.05) is 0 Å². The molecule has 2 heteroatoms. The van der Waals surface area contributed by atoms with Gasteiger partial charge in [-0.05, 0) is 38.6 Å². The minimum absolute atomic E-state index is 0.517. The van der Waals surface area contributed by atoms with Crippen molar-refractivity contribution in [1.82, 2.24) is 4.90 Å². The first-order valence-electron chi connectivity index (χ1n) is 6.53. The van der Waals surface area contributed by atoms with Gasteiger partial charge in [0, 0.05) is 18.3 Å². The van der Waals surface area contributed by atoms with Crippen molar-refractivity contribution in [1.29, 1.82) is 0 Å². The van der Waals surface area contributed by atoms with Crippen LogP contribution >= 0.6 is 0 Å². The number of nitrogens with one attached hydrogen (secondary N) is 1. The molecule has 0 spiro atoms. The fourth-order valence-electron chi connectivity index (χ4n) is 1.88. The van der Waals surface area contributed by atoms with Crippen LogP contribution in [-0.4, -0.2) is 25.0 Å². The van der Waals surface area contributed by atoms with Crippen molar-refractivity contribution in [3.05, 3.63) is 29.8 Å². The summed E-state index contributed by atoms with van der Waals surface area (Å²) in [6.45, 7) is 7.79. The van der Waals surface area contributed by atoms with Gasteiger partial charge in [0.15, 0.2) is 0 Å². The largest absolute Gasteiger partial charge is 0.382 e. The predicted molar refractivity (Wildman–Crippen MR) is 76.4 cm³/mol. The number of hydrogen-bond donors (Lipinski definition) is 1. The van der Waals surface area contributed by atoms with Gasteiger partial charge in [-0.15, -0.1) is 0 Å². The molecular weight excluding hydrogens is 208 g/mol. The van der Waals surface area contributed by atoms with Crippen LogP contribution in [0.2, 0.25) is 0 Å². The van der Waals surface area contributed by atoms with Gasteiger partial charge in [-0.25, -0.2) is 0 Å². The Morgan fingerprint density at radius 1 is 1.18 bits per heavy atom. The SMILES string of the molecule is CCC(C)C(C)Nc1ccccc1CN(C)C. The minimum atomic E-state index is 0.517. The molecule has 1 aromatic rings. The van der Waals surface area contributed by atoms with Crippen LogP contribution in [0.25, 0.3) is 0 Å². The Kier molecular flexibility index (Phi) is 5.49. The fourth-order valence-corrected chi connectivity index (χ4v) is 1.88. The molecule has 17 heavy (non-hydrogen) atoms. The summed E-state index contributed by atoms with van der Waals surface area (Å²) >= 11 is 0. The van der Waals surface area contributed by atoms with Crippen LogP contribution in [0.15, 0.2) is 24.3 Å². The van der Waals surface area contributed by atoms with Crippen molar-refractivity contribution < 1.29 is 0 Å². The van der Waals surface area contributed by atoms with Crippen LogP contribution in [-0.2, 0) is 6.54 Å². The molecule has 0 fully saturated rings. The lowest BCUT2D eigenvalue weighted by atomic mass is 10.00. The van der Waals surface area contributed by atoms with Gasteiger partial charge in [-0.2, -0.15) is 0 Å². The second kappa shape index (κ2) is 6.65. The highest BCUT2D eigenvalue weighted by atomic mass is 15.1. The average molecular weight is 234 g/mol. The molecule has 2 unspecified atom stereocenters. The van der Waals surface area contributed by atoms with E-state index in [0.717, 1.165) is 6.54 Å². The number of hydrogen-bond acceptors (Lipinski definition) is 2. The van der Waals surface area contributed by atoms with Crippen molar-refractivity contribution in [3.8, 4) is 0 Å². The maximum atomic E-state index is 3.64. The zero-order valence-corrected chi connectivity index (χ0v) is 11.8. The van der Waals surface area contributed by atoms with Gasteiger partial charge >= 0.3 is 0 Å². The molecule has 1 aromatic carbocycles. The van der Waals surface area contributed by atoms with Gasteiger partial charge < -0.3 is 10.2 Å². The summed E-state index contributed by atoms with van der Waals surface area (Å²) in [5.74, 6) is 0.697. The third-order valence-corrected chi connectivity index (χ3v) is 3.38. The molecule has 1 N–H and O–H groups in total. The Labute approximate surface area is 106 Å². The van der Waals surface area contributed by atoms with Crippen LogP contribution in [0.3, 0.4) is 0 Å². The maximum absolute atomic E-state index is 3.64. The third-order valence-electron chi connectivity index (χ3n) is 3.38. The van der Waals surface area contributed by atoms with E-state index in [2.05, 4.69) is 69.3 Å². The monoisotopic (exact) mass is 234 g/mol. The molecule has 0 saturated carbocycles. The van der Waals surface area contributed by atoms with E-state index in [9.17, 15) is 0 Å². The number of rotatable bonds is 6. The lowest BCUT2D eigenvalue weighted by Gasteiger charge is -2.23. The zero-order chi connectivity index (χ0) is 12.8. The topological polar surface area (TPSA) is 15.3 Å². The van der Waals surface area contributed by atoms with E-state index >= 15 is 0 Å². The molecule has 96 valence electrons. The summed E-state index contributed by atoms with van der Waals surface area (Å²) in [7, 11) is 4.21. The maximum Gasteiger partial charge on any atom is 0.0388 e. The van der Waals surface area contributed by atoms with Gasteiger partial charge in [0.1, 0.15) is 0 Å². The van der Waals surface area contributed by atoms with E-state index < -0.39 is 0 Å². The van der Waals surface area contributed by atoms with Crippen LogP contribution in [0.5, 0.6) is 0 Å². The molecule has 0 aliphatic heterocycles. The van der Waals surface area contributed by atoms with Crippen molar-refractivity contribution >= 4 is 5.69 Å². The molecule has 0 aliphatic rings. The zero-order valence-electron chi connectivity index (χ0n) is 11.8. The van der Waals surface area contributed by atoms with E-state index in [-0.39, 0.29) is 0 Å². The molecule has 1 rings (SSSR count). The van der Waals surface area contributed by atoms with Gasteiger partial charge in [0.2, 0.25) is 0 Å². The van der Waals surface area contributed by atoms with Crippen molar-refractivity contribution in [2.45, 2.75) is 39.8 Å². The molecular formula is C15H26N2. The van der Waals surface area contributed by atoms with E-state index in [1.54, 1.807) is 0 Å². The highest BCUT2D eigenvalue weighted by Gasteiger charge is 2.11. The van der Waals surface area contributed by atoms with Crippen LogP contribution in [0.1, 0.15) is 32.8 Å². The van der Waals surface area contributed by atoms with E-state index in [4.69, 9.17) is 0 Å². The molecule has 0 aromatic heterocycles. The smallest absolute Gasteiger partial charge is 0.0388 e. The molecule has 0 heterocycles. The average Bonchev–Trinajstić information content (AvgIpc) is 2.29. The lowest BCUT2D eigenvalue weighted by Crippen LogP contribution is -2.24. The van der Waals surface area contributed by atoms with Crippen LogP contribution in [0.4, 0.5) is 5.69 Å². The van der Waals surface area contributed by atoms with Gasteiger partial charge in [0.05, 0.1) is 0 Å². The Bertz CT molecular complexity index is 333. The molecule has 0 amide bonds. The standard InChI is InChI=1S/C15H26N2/c1-6-12(2)13(3)16-15-10-8-7-9-14(15)11-17(4)5/h7-10,12-13,16H,6,11H2,1-5H3. The van der Waals surface area contributed by atoms with E-state index in [1.165, 1.54) is 17.7 Å². The first kappa shape index (κ1) is 14.0. The Hall–Kier alpha value is -1.02. The summed E-state index contributed by atoms with van der Waals surface area (Å²) in [6.07, 6.45) is 1.21. The van der Waals surface area contributed by atoms with Gasteiger partial charge in [-0.1, -0.05) is 38.5 Å². The quantitative estimate of drug-likeness (QED) is 0.809.